The summed E-state index contributed by atoms with van der Waals surface area (Å²) in [5.41, 5.74) is 5.87. The van der Waals surface area contributed by atoms with E-state index in [4.69, 9.17) is 0 Å². The fourth-order valence-corrected chi connectivity index (χ4v) is 3.56. The molecule has 28 heavy (non-hydrogen) atoms. The highest BCUT2D eigenvalue weighted by Gasteiger charge is 2.30. The molecule has 1 atom stereocenters. The molecule has 1 saturated carbocycles. The highest BCUT2D eigenvalue weighted by Crippen LogP contribution is 2.44. The van der Waals surface area contributed by atoms with Crippen molar-refractivity contribution in [1.29, 1.82) is 0 Å². The molecule has 0 saturated heterocycles. The molecule has 144 valence electrons. The van der Waals surface area contributed by atoms with E-state index in [1.165, 1.54) is 29.7 Å². The Morgan fingerprint density at radius 3 is 2.57 bits per heavy atom. The Morgan fingerprint density at radius 1 is 1.18 bits per heavy atom. The molecule has 0 bridgehead atoms. The summed E-state index contributed by atoms with van der Waals surface area (Å²) in [5, 5.41) is 7.68. The summed E-state index contributed by atoms with van der Waals surface area (Å²) in [6, 6.07) is 12.2. The van der Waals surface area contributed by atoms with Crippen LogP contribution in [-0.4, -0.2) is 27.2 Å². The molecular formula is C23H26N4O. The van der Waals surface area contributed by atoms with Crippen molar-refractivity contribution < 1.29 is 4.79 Å². The van der Waals surface area contributed by atoms with Crippen LogP contribution >= 0.6 is 0 Å². The van der Waals surface area contributed by atoms with Gasteiger partial charge in [0.05, 0.1) is 18.7 Å². The molecule has 3 aromatic rings. The minimum atomic E-state index is -0.159. The van der Waals surface area contributed by atoms with E-state index in [1.807, 2.05) is 61.9 Å². The van der Waals surface area contributed by atoms with E-state index < -0.39 is 0 Å². The van der Waals surface area contributed by atoms with E-state index in [2.05, 4.69) is 27.0 Å². The van der Waals surface area contributed by atoms with Crippen LogP contribution in [0.5, 0.6) is 0 Å². The first-order valence-electron chi connectivity index (χ1n) is 9.94. The van der Waals surface area contributed by atoms with E-state index >= 15 is 0 Å². The van der Waals surface area contributed by atoms with Gasteiger partial charge in [-0.25, -0.2) is 0 Å². The first-order chi connectivity index (χ1) is 13.6. The SMILES string of the molecule is Cc1ccc(C(C)C(=O)NCCn2ncc(-c3ccncc3)c2C2CC2)cc1. The van der Waals surface area contributed by atoms with Crippen LogP contribution in [-0.2, 0) is 11.3 Å². The van der Waals surface area contributed by atoms with Crippen molar-refractivity contribution in [3.8, 4) is 11.1 Å². The van der Waals surface area contributed by atoms with Crippen molar-refractivity contribution in [3.63, 3.8) is 0 Å². The van der Waals surface area contributed by atoms with Crippen LogP contribution in [0, 0.1) is 6.92 Å². The van der Waals surface area contributed by atoms with E-state index in [1.54, 1.807) is 0 Å². The number of nitrogens with one attached hydrogen (secondary N) is 1. The van der Waals surface area contributed by atoms with Gasteiger partial charge in [-0.05, 0) is 49.9 Å². The van der Waals surface area contributed by atoms with Gasteiger partial charge in [0.15, 0.2) is 0 Å². The summed E-state index contributed by atoms with van der Waals surface area (Å²) in [6.07, 6.45) is 7.99. The predicted octanol–water partition coefficient (Wildman–Crippen LogP) is 4.05. The van der Waals surface area contributed by atoms with Crippen molar-refractivity contribution in [1.82, 2.24) is 20.1 Å². The standard InChI is InChI=1S/C23H26N4O/c1-16-3-5-18(6-4-16)17(2)23(28)25-13-14-27-22(20-7-8-20)21(15-26-27)19-9-11-24-12-10-19/h3-6,9-12,15,17,20H,7-8,13-14H2,1-2H3,(H,25,28). The zero-order chi connectivity index (χ0) is 19.5. The fourth-order valence-electron chi connectivity index (χ4n) is 3.56. The zero-order valence-corrected chi connectivity index (χ0v) is 16.4. The third-order valence-electron chi connectivity index (χ3n) is 5.43. The summed E-state index contributed by atoms with van der Waals surface area (Å²) >= 11 is 0. The number of aryl methyl sites for hydroxylation is 1. The average molecular weight is 374 g/mol. The topological polar surface area (TPSA) is 59.8 Å². The van der Waals surface area contributed by atoms with Crippen molar-refractivity contribution in [3.05, 3.63) is 71.8 Å². The maximum absolute atomic E-state index is 12.5. The van der Waals surface area contributed by atoms with Gasteiger partial charge < -0.3 is 5.32 Å². The number of hydrogen-bond acceptors (Lipinski definition) is 3. The molecular weight excluding hydrogens is 348 g/mol. The zero-order valence-electron chi connectivity index (χ0n) is 16.4. The number of pyridine rings is 1. The summed E-state index contributed by atoms with van der Waals surface area (Å²) < 4.78 is 2.06. The van der Waals surface area contributed by atoms with E-state index in [0.717, 1.165) is 11.1 Å². The molecule has 4 rings (SSSR count). The number of benzene rings is 1. The van der Waals surface area contributed by atoms with E-state index in [0.29, 0.717) is 19.0 Å². The minimum Gasteiger partial charge on any atom is -0.354 e. The van der Waals surface area contributed by atoms with Crippen LogP contribution < -0.4 is 5.32 Å². The van der Waals surface area contributed by atoms with Crippen LogP contribution in [0.15, 0.2) is 55.0 Å². The van der Waals surface area contributed by atoms with Gasteiger partial charge in [-0.15, -0.1) is 0 Å². The lowest BCUT2D eigenvalue weighted by molar-refractivity contribution is -0.122. The van der Waals surface area contributed by atoms with Crippen LogP contribution in [0.1, 0.15) is 48.4 Å². The normalized spacial score (nSPS) is 14.6. The molecule has 0 spiro atoms. The molecule has 5 heteroatoms. The molecule has 1 amide bonds. The van der Waals surface area contributed by atoms with Gasteiger partial charge in [-0.3, -0.25) is 14.5 Å². The number of amides is 1. The number of rotatable bonds is 7. The number of carbonyl (C=O) groups is 1. The van der Waals surface area contributed by atoms with Gasteiger partial charge in [0.25, 0.3) is 0 Å². The molecule has 1 aliphatic rings. The molecule has 1 unspecified atom stereocenters. The lowest BCUT2D eigenvalue weighted by atomic mass is 9.99. The number of aromatic nitrogens is 3. The number of hydrogen-bond donors (Lipinski definition) is 1. The molecule has 0 radical (unpaired) electrons. The Hall–Kier alpha value is -2.95. The molecule has 2 aromatic heterocycles. The van der Waals surface area contributed by atoms with Gasteiger partial charge in [-0.1, -0.05) is 29.8 Å². The van der Waals surface area contributed by atoms with Gasteiger partial charge >= 0.3 is 0 Å². The van der Waals surface area contributed by atoms with Gasteiger partial charge in [0.1, 0.15) is 0 Å². The monoisotopic (exact) mass is 374 g/mol. The fraction of sp³-hybridized carbons (Fsp3) is 0.348. The Kier molecular flexibility index (Phi) is 5.24. The molecule has 1 fully saturated rings. The average Bonchev–Trinajstić information content (AvgIpc) is 3.48. The largest absolute Gasteiger partial charge is 0.354 e. The highest BCUT2D eigenvalue weighted by molar-refractivity contribution is 5.83. The molecule has 1 N–H and O–H groups in total. The second-order valence-electron chi connectivity index (χ2n) is 7.60. The maximum atomic E-state index is 12.5. The lowest BCUT2D eigenvalue weighted by Crippen LogP contribution is -2.31. The molecule has 1 aromatic carbocycles. The summed E-state index contributed by atoms with van der Waals surface area (Å²) in [5.74, 6) is 0.472. The van der Waals surface area contributed by atoms with E-state index in [-0.39, 0.29) is 11.8 Å². The Balaban J connectivity index is 1.41. The second kappa shape index (κ2) is 7.97. The minimum absolute atomic E-state index is 0.0540. The Bertz CT molecular complexity index is 942. The molecule has 5 nitrogen and oxygen atoms in total. The first kappa shape index (κ1) is 18.4. The molecule has 0 aliphatic heterocycles. The summed E-state index contributed by atoms with van der Waals surface area (Å²) in [6.45, 7) is 5.26. The summed E-state index contributed by atoms with van der Waals surface area (Å²) in [4.78, 5) is 16.6. The first-order valence-corrected chi connectivity index (χ1v) is 9.94. The van der Waals surface area contributed by atoms with Gasteiger partial charge in [-0.2, -0.15) is 5.10 Å². The maximum Gasteiger partial charge on any atom is 0.227 e. The molecule has 1 aliphatic carbocycles. The molecule has 2 heterocycles. The third kappa shape index (κ3) is 3.98. The van der Waals surface area contributed by atoms with Gasteiger partial charge in [0.2, 0.25) is 5.91 Å². The highest BCUT2D eigenvalue weighted by atomic mass is 16.1. The van der Waals surface area contributed by atoms with Crippen molar-refractivity contribution >= 4 is 5.91 Å². The second-order valence-corrected chi connectivity index (χ2v) is 7.60. The smallest absolute Gasteiger partial charge is 0.227 e. The van der Waals surface area contributed by atoms with Crippen LogP contribution in [0.25, 0.3) is 11.1 Å². The van der Waals surface area contributed by atoms with Crippen molar-refractivity contribution in [2.45, 2.75) is 45.1 Å². The van der Waals surface area contributed by atoms with Crippen LogP contribution in [0.3, 0.4) is 0 Å². The Labute approximate surface area is 165 Å². The van der Waals surface area contributed by atoms with Crippen LogP contribution in [0.4, 0.5) is 0 Å². The van der Waals surface area contributed by atoms with E-state index in [9.17, 15) is 4.79 Å². The van der Waals surface area contributed by atoms with Crippen LogP contribution in [0.2, 0.25) is 0 Å². The lowest BCUT2D eigenvalue weighted by Gasteiger charge is -2.14. The number of carbonyl (C=O) groups excluding carboxylic acids is 1. The predicted molar refractivity (Wildman–Crippen MR) is 110 cm³/mol. The number of nitrogens with zero attached hydrogens (tertiary/aromatic N) is 3. The summed E-state index contributed by atoms with van der Waals surface area (Å²) in [7, 11) is 0. The van der Waals surface area contributed by atoms with Crippen molar-refractivity contribution in [2.24, 2.45) is 0 Å². The van der Waals surface area contributed by atoms with Crippen molar-refractivity contribution in [2.75, 3.05) is 6.54 Å². The quantitative estimate of drug-likeness (QED) is 0.679. The Morgan fingerprint density at radius 2 is 1.89 bits per heavy atom. The third-order valence-corrected chi connectivity index (χ3v) is 5.43. The van der Waals surface area contributed by atoms with Gasteiger partial charge in [0, 0.05) is 36.1 Å².